The highest BCUT2D eigenvalue weighted by Gasteiger charge is 2.39. The Labute approximate surface area is 326 Å². The van der Waals surface area contributed by atoms with Gasteiger partial charge in [0.15, 0.2) is 0 Å². The number of likely N-dealkylation sites (tertiary alicyclic amines) is 2. The van der Waals surface area contributed by atoms with Gasteiger partial charge in [-0.2, -0.15) is 0 Å². The molecule has 4 heterocycles. The summed E-state index contributed by atoms with van der Waals surface area (Å²) in [5.41, 5.74) is 3.76. The third-order valence-electron chi connectivity index (χ3n) is 11.3. The van der Waals surface area contributed by atoms with E-state index in [1.165, 1.54) is 14.2 Å². The molecule has 14 nitrogen and oxygen atoms in total. The molecule has 0 spiro atoms. The summed E-state index contributed by atoms with van der Waals surface area (Å²) in [6.45, 7) is 9.02. The topological polar surface area (TPSA) is 178 Å². The quantitative estimate of drug-likeness (QED) is 0.0922. The molecule has 5 N–H and O–H groups in total. The van der Waals surface area contributed by atoms with E-state index in [2.05, 4.69) is 69.1 Å². The third kappa shape index (κ3) is 7.80. The smallest absolute Gasteiger partial charge is 0.407 e. The summed E-state index contributed by atoms with van der Waals surface area (Å²) in [6, 6.07) is 15.6. The van der Waals surface area contributed by atoms with Gasteiger partial charge in [-0.05, 0) is 83.3 Å². The summed E-state index contributed by atoms with van der Waals surface area (Å²) in [5, 5.41) is 21.3. The minimum atomic E-state index is -0.894. The van der Waals surface area contributed by atoms with Crippen molar-refractivity contribution >= 4 is 39.6 Å². The number of aliphatic hydroxyl groups excluding tert-OH is 1. The van der Waals surface area contributed by atoms with Gasteiger partial charge in [0, 0.05) is 24.2 Å². The van der Waals surface area contributed by atoms with Gasteiger partial charge in [0.25, 0.3) is 0 Å². The lowest BCUT2D eigenvalue weighted by Gasteiger charge is -2.35. The Morgan fingerprint density at radius 2 is 1.27 bits per heavy atom. The zero-order chi connectivity index (χ0) is 39.7. The first-order valence-corrected chi connectivity index (χ1v) is 19.5. The first-order valence-electron chi connectivity index (χ1n) is 19.5. The molecule has 0 saturated carbocycles. The molecule has 2 aliphatic rings. The molecule has 2 aliphatic heterocycles. The van der Waals surface area contributed by atoms with Gasteiger partial charge in [0.2, 0.25) is 5.91 Å². The number of aromatic amines is 2. The van der Waals surface area contributed by atoms with Crippen LogP contribution in [-0.4, -0.2) is 98.6 Å². The molecular weight excluding hydrogens is 713 g/mol. The van der Waals surface area contributed by atoms with Crippen molar-refractivity contribution in [2.24, 2.45) is 11.8 Å². The predicted octanol–water partition coefficient (Wildman–Crippen LogP) is 6.65. The lowest BCUT2D eigenvalue weighted by atomic mass is 9.99. The number of hydrogen-bond acceptors (Lipinski definition) is 9. The first-order chi connectivity index (χ1) is 26.9. The number of methoxy groups -OCH3 is 2. The Hall–Kier alpha value is -5.47. The van der Waals surface area contributed by atoms with Gasteiger partial charge >= 0.3 is 12.2 Å². The fourth-order valence-corrected chi connectivity index (χ4v) is 8.22. The lowest BCUT2D eigenvalue weighted by molar-refractivity contribution is -0.135. The average Bonchev–Trinajstić information content (AvgIpc) is 4.03. The zero-order valence-corrected chi connectivity index (χ0v) is 32.8. The summed E-state index contributed by atoms with van der Waals surface area (Å²) >= 11 is 0. The van der Waals surface area contributed by atoms with Gasteiger partial charge in [0.1, 0.15) is 23.9 Å². The van der Waals surface area contributed by atoms with E-state index in [1.807, 2.05) is 49.9 Å². The van der Waals surface area contributed by atoms with E-state index in [1.54, 1.807) is 0 Å². The number of alkyl carbamates (subject to hydrolysis) is 2. The number of aromatic nitrogens is 4. The number of ether oxygens (including phenoxy) is 2. The Morgan fingerprint density at radius 3 is 1.82 bits per heavy atom. The molecule has 2 saturated heterocycles. The van der Waals surface area contributed by atoms with E-state index in [0.29, 0.717) is 13.1 Å². The highest BCUT2D eigenvalue weighted by Crippen LogP contribution is 2.36. The zero-order valence-electron chi connectivity index (χ0n) is 32.8. The molecule has 296 valence electrons. The second kappa shape index (κ2) is 16.3. The number of imidazole rings is 2. The molecule has 3 aromatic carbocycles. The number of amides is 3. The molecule has 5 unspecified atom stereocenters. The fraction of sp³-hybridized carbons (Fsp3) is 0.452. The molecule has 0 radical (unpaired) electrons. The van der Waals surface area contributed by atoms with E-state index in [9.17, 15) is 19.5 Å². The highest BCUT2D eigenvalue weighted by atomic mass is 16.5. The van der Waals surface area contributed by atoms with Crippen LogP contribution in [0.1, 0.15) is 77.1 Å². The fourth-order valence-electron chi connectivity index (χ4n) is 8.22. The van der Waals surface area contributed by atoms with Crippen LogP contribution in [0.25, 0.3) is 44.1 Å². The number of hydrogen-bond donors (Lipinski definition) is 5. The number of carbonyl (C=O) groups excluding carboxylic acids is 3. The van der Waals surface area contributed by atoms with E-state index >= 15 is 0 Å². The minimum absolute atomic E-state index is 0.00871. The number of rotatable bonds is 11. The number of benzene rings is 3. The van der Waals surface area contributed by atoms with Gasteiger partial charge in [-0.25, -0.2) is 19.6 Å². The summed E-state index contributed by atoms with van der Waals surface area (Å²) in [6.07, 6.45) is 4.97. The number of fused-ring (bicyclic) bond motifs is 2. The second-order valence-electron chi connectivity index (χ2n) is 15.6. The molecule has 14 heteroatoms. The van der Waals surface area contributed by atoms with Gasteiger partial charge in [-0.1, -0.05) is 52.0 Å². The van der Waals surface area contributed by atoms with Crippen LogP contribution in [-0.2, 0) is 14.3 Å². The minimum Gasteiger partial charge on any atom is -0.453 e. The maximum absolute atomic E-state index is 13.6. The van der Waals surface area contributed by atoms with Crippen LogP contribution in [0.15, 0.2) is 60.9 Å². The molecule has 3 amide bonds. The molecule has 0 bridgehead atoms. The molecule has 5 aromatic rings. The van der Waals surface area contributed by atoms with Crippen LogP contribution >= 0.6 is 0 Å². The summed E-state index contributed by atoms with van der Waals surface area (Å²) < 4.78 is 9.58. The summed E-state index contributed by atoms with van der Waals surface area (Å²) in [7, 11) is 2.61. The normalized spacial score (nSPS) is 19.1. The van der Waals surface area contributed by atoms with Crippen LogP contribution in [0.3, 0.4) is 0 Å². The second-order valence-corrected chi connectivity index (χ2v) is 15.6. The largest absolute Gasteiger partial charge is 0.453 e. The van der Waals surface area contributed by atoms with E-state index in [4.69, 9.17) is 19.4 Å². The Morgan fingerprint density at radius 1 is 0.732 bits per heavy atom. The molecule has 56 heavy (non-hydrogen) atoms. The van der Waals surface area contributed by atoms with Crippen LogP contribution in [0.4, 0.5) is 9.59 Å². The SMILES string of the molecule is COC(=O)NC(C(=O)N1CCCC1c1ncc(-c2ccc3cc4cc(-c5cnc(C6CCCN6C(O)C(NC(=O)OC)C(C)C)[nH]5)ccc4cc3c2)[nH]1)C(C)C. The highest BCUT2D eigenvalue weighted by molar-refractivity contribution is 6.00. The predicted molar refractivity (Wildman–Crippen MR) is 213 cm³/mol. The maximum atomic E-state index is 13.6. The first kappa shape index (κ1) is 38.8. The van der Waals surface area contributed by atoms with Gasteiger partial charge < -0.3 is 40.1 Å². The van der Waals surface area contributed by atoms with E-state index in [0.717, 1.165) is 81.4 Å². The average molecular weight is 765 g/mol. The molecule has 7 rings (SSSR count). The van der Waals surface area contributed by atoms with Crippen molar-refractivity contribution in [1.82, 2.24) is 40.4 Å². The van der Waals surface area contributed by atoms with Crippen LogP contribution in [0.2, 0.25) is 0 Å². The number of H-pyrrole nitrogens is 2. The Balaban J connectivity index is 1.08. The number of nitrogens with zero attached hydrogens (tertiary/aromatic N) is 4. The van der Waals surface area contributed by atoms with Gasteiger partial charge in [-0.15, -0.1) is 0 Å². The van der Waals surface area contributed by atoms with Gasteiger partial charge in [0.05, 0.1) is 56.1 Å². The van der Waals surface area contributed by atoms with Crippen molar-refractivity contribution in [3.63, 3.8) is 0 Å². The summed E-state index contributed by atoms with van der Waals surface area (Å²) in [5.74, 6) is 1.26. The number of aliphatic hydroxyl groups is 1. The van der Waals surface area contributed by atoms with Gasteiger partial charge in [-0.3, -0.25) is 9.69 Å². The van der Waals surface area contributed by atoms with Crippen LogP contribution < -0.4 is 10.6 Å². The van der Waals surface area contributed by atoms with E-state index in [-0.39, 0.29) is 29.8 Å². The Kier molecular flexibility index (Phi) is 11.3. The van der Waals surface area contributed by atoms with Crippen molar-refractivity contribution in [3.05, 3.63) is 72.6 Å². The summed E-state index contributed by atoms with van der Waals surface area (Å²) in [4.78, 5) is 57.9. The molecule has 2 aromatic heterocycles. The third-order valence-corrected chi connectivity index (χ3v) is 11.3. The molecule has 0 aliphatic carbocycles. The van der Waals surface area contributed by atoms with Crippen LogP contribution in [0, 0.1) is 11.8 Å². The number of nitrogens with one attached hydrogen (secondary N) is 4. The van der Waals surface area contributed by atoms with Crippen LogP contribution in [0.5, 0.6) is 0 Å². The van der Waals surface area contributed by atoms with Crippen molar-refractivity contribution in [2.45, 2.75) is 83.8 Å². The van der Waals surface area contributed by atoms with Crippen molar-refractivity contribution in [3.8, 4) is 22.5 Å². The standard InChI is InChI=1S/C42H52N8O6/c1-23(2)35(47-41(53)55-5)39(51)49-15-7-9-33(49)37-43-21-31(45-37)27-13-11-25-18-30-20-28(14-12-26(30)17-29(25)19-27)32-22-44-38(46-32)34-10-8-16-50(34)40(52)36(24(3)4)48-42(54)56-6/h11-14,17-24,33-36,39,51H,7-10,15-16H2,1-6H3,(H,43,45)(H,44,46)(H,47,53)(H,48,54). The molecular formula is C42H52N8O6. The van der Waals surface area contributed by atoms with Crippen molar-refractivity contribution < 1.29 is 29.0 Å². The Bertz CT molecular complexity index is 2210. The van der Waals surface area contributed by atoms with Crippen molar-refractivity contribution in [1.29, 1.82) is 0 Å². The molecule has 5 atom stereocenters. The maximum Gasteiger partial charge on any atom is 0.407 e. The van der Waals surface area contributed by atoms with Crippen molar-refractivity contribution in [2.75, 3.05) is 27.3 Å². The van der Waals surface area contributed by atoms with E-state index < -0.39 is 30.5 Å². The monoisotopic (exact) mass is 764 g/mol. The lowest BCUT2D eigenvalue weighted by Crippen LogP contribution is -2.54. The molecule has 2 fully saturated rings. The number of carbonyl (C=O) groups is 3.